The molecule has 94 valence electrons. The Balaban J connectivity index is 2.11. The van der Waals surface area contributed by atoms with E-state index in [4.69, 9.17) is 4.74 Å². The SMILES string of the molecule is CC1CCC(O)C(Oc2cc(F)ccc2F)C1. The highest BCUT2D eigenvalue weighted by atomic mass is 19.1. The van der Waals surface area contributed by atoms with E-state index in [0.29, 0.717) is 18.8 Å². The molecular weight excluding hydrogens is 226 g/mol. The Morgan fingerprint density at radius 3 is 2.82 bits per heavy atom. The van der Waals surface area contributed by atoms with Crippen molar-refractivity contribution in [2.45, 2.75) is 38.4 Å². The largest absolute Gasteiger partial charge is 0.485 e. The van der Waals surface area contributed by atoms with E-state index in [1.165, 1.54) is 0 Å². The molecule has 4 heteroatoms. The van der Waals surface area contributed by atoms with Gasteiger partial charge in [0.15, 0.2) is 11.6 Å². The van der Waals surface area contributed by atoms with Crippen LogP contribution in [0, 0.1) is 17.6 Å². The summed E-state index contributed by atoms with van der Waals surface area (Å²) < 4.78 is 31.7. The monoisotopic (exact) mass is 242 g/mol. The second-order valence-corrected chi connectivity index (χ2v) is 4.72. The second kappa shape index (κ2) is 5.00. The minimum absolute atomic E-state index is 0.122. The van der Waals surface area contributed by atoms with Crippen LogP contribution in [0.4, 0.5) is 8.78 Å². The molecule has 1 aliphatic carbocycles. The van der Waals surface area contributed by atoms with Crippen LogP contribution in [0.1, 0.15) is 26.2 Å². The molecule has 1 saturated carbocycles. The summed E-state index contributed by atoms with van der Waals surface area (Å²) in [6.07, 6.45) is 1.19. The minimum Gasteiger partial charge on any atom is -0.485 e. The lowest BCUT2D eigenvalue weighted by Gasteiger charge is -2.31. The van der Waals surface area contributed by atoms with Gasteiger partial charge in [-0.15, -0.1) is 0 Å². The van der Waals surface area contributed by atoms with Crippen molar-refractivity contribution in [3.63, 3.8) is 0 Å². The van der Waals surface area contributed by atoms with Crippen LogP contribution in [0.15, 0.2) is 18.2 Å². The molecular formula is C13H16F2O2. The predicted octanol–water partition coefficient (Wildman–Crippen LogP) is 2.89. The van der Waals surface area contributed by atoms with Gasteiger partial charge in [0.25, 0.3) is 0 Å². The van der Waals surface area contributed by atoms with E-state index in [9.17, 15) is 13.9 Å². The quantitative estimate of drug-likeness (QED) is 0.864. The first-order valence-corrected chi connectivity index (χ1v) is 5.86. The lowest BCUT2D eigenvalue weighted by Crippen LogP contribution is -2.37. The standard InChI is InChI=1S/C13H16F2O2/c1-8-2-5-11(16)13(6-8)17-12-7-9(14)3-4-10(12)15/h3-4,7-8,11,13,16H,2,5-6H2,1H3. The van der Waals surface area contributed by atoms with Crippen molar-refractivity contribution in [2.24, 2.45) is 5.92 Å². The van der Waals surface area contributed by atoms with Crippen LogP contribution in [0.5, 0.6) is 5.75 Å². The zero-order valence-corrected chi connectivity index (χ0v) is 9.70. The Labute approximate surface area is 99.2 Å². The fourth-order valence-electron chi connectivity index (χ4n) is 2.17. The first-order chi connectivity index (χ1) is 8.06. The van der Waals surface area contributed by atoms with E-state index in [1.807, 2.05) is 0 Å². The van der Waals surface area contributed by atoms with Crippen molar-refractivity contribution in [3.05, 3.63) is 29.8 Å². The number of benzene rings is 1. The summed E-state index contributed by atoms with van der Waals surface area (Å²) in [5.41, 5.74) is 0. The molecule has 0 bridgehead atoms. The summed E-state index contributed by atoms with van der Waals surface area (Å²) in [5.74, 6) is -0.834. The van der Waals surface area contributed by atoms with E-state index < -0.39 is 23.8 Å². The number of rotatable bonds is 2. The Morgan fingerprint density at radius 2 is 2.06 bits per heavy atom. The Morgan fingerprint density at radius 1 is 1.29 bits per heavy atom. The van der Waals surface area contributed by atoms with Crippen LogP contribution in [-0.2, 0) is 0 Å². The molecule has 3 unspecified atom stereocenters. The maximum absolute atomic E-state index is 13.4. The average Bonchev–Trinajstić information content (AvgIpc) is 2.28. The van der Waals surface area contributed by atoms with Crippen molar-refractivity contribution in [3.8, 4) is 5.75 Å². The lowest BCUT2D eigenvalue weighted by molar-refractivity contribution is -0.00945. The summed E-state index contributed by atoms with van der Waals surface area (Å²) in [6, 6.07) is 3.09. The van der Waals surface area contributed by atoms with Gasteiger partial charge in [0, 0.05) is 6.07 Å². The molecule has 3 atom stereocenters. The molecule has 1 aromatic carbocycles. The number of ether oxygens (including phenoxy) is 1. The highest BCUT2D eigenvalue weighted by Crippen LogP contribution is 2.29. The third-order valence-electron chi connectivity index (χ3n) is 3.19. The predicted molar refractivity (Wildman–Crippen MR) is 59.8 cm³/mol. The van der Waals surface area contributed by atoms with Gasteiger partial charge in [-0.25, -0.2) is 8.78 Å². The molecule has 1 N–H and O–H groups in total. The molecule has 0 radical (unpaired) electrons. The van der Waals surface area contributed by atoms with Crippen molar-refractivity contribution in [2.75, 3.05) is 0 Å². The molecule has 17 heavy (non-hydrogen) atoms. The highest BCUT2D eigenvalue weighted by Gasteiger charge is 2.29. The Bertz CT molecular complexity index is 395. The topological polar surface area (TPSA) is 29.5 Å². The number of aliphatic hydroxyl groups is 1. The normalized spacial score (nSPS) is 29.1. The molecule has 0 heterocycles. The van der Waals surface area contributed by atoms with Gasteiger partial charge in [-0.3, -0.25) is 0 Å². The van der Waals surface area contributed by atoms with Crippen molar-refractivity contribution >= 4 is 0 Å². The van der Waals surface area contributed by atoms with Crippen molar-refractivity contribution < 1.29 is 18.6 Å². The highest BCUT2D eigenvalue weighted by molar-refractivity contribution is 5.25. The molecule has 0 aliphatic heterocycles. The van der Waals surface area contributed by atoms with Gasteiger partial charge >= 0.3 is 0 Å². The summed E-state index contributed by atoms with van der Waals surface area (Å²) in [4.78, 5) is 0. The van der Waals surface area contributed by atoms with Gasteiger partial charge in [-0.05, 0) is 37.3 Å². The molecule has 2 rings (SSSR count). The first kappa shape index (κ1) is 12.3. The van der Waals surface area contributed by atoms with Gasteiger partial charge in [0.1, 0.15) is 11.9 Å². The van der Waals surface area contributed by atoms with E-state index in [2.05, 4.69) is 6.92 Å². The molecule has 1 aromatic rings. The van der Waals surface area contributed by atoms with Gasteiger partial charge in [0.05, 0.1) is 6.10 Å². The molecule has 0 amide bonds. The smallest absolute Gasteiger partial charge is 0.165 e. The maximum atomic E-state index is 13.4. The fraction of sp³-hybridized carbons (Fsp3) is 0.538. The average molecular weight is 242 g/mol. The van der Waals surface area contributed by atoms with Gasteiger partial charge in [-0.2, -0.15) is 0 Å². The van der Waals surface area contributed by atoms with E-state index >= 15 is 0 Å². The lowest BCUT2D eigenvalue weighted by atomic mass is 9.86. The summed E-state index contributed by atoms with van der Waals surface area (Å²) >= 11 is 0. The maximum Gasteiger partial charge on any atom is 0.165 e. The fourth-order valence-corrected chi connectivity index (χ4v) is 2.17. The number of aliphatic hydroxyl groups excluding tert-OH is 1. The zero-order chi connectivity index (χ0) is 12.4. The molecule has 0 spiro atoms. The number of hydrogen-bond acceptors (Lipinski definition) is 2. The number of hydrogen-bond donors (Lipinski definition) is 1. The van der Waals surface area contributed by atoms with Crippen LogP contribution in [0.25, 0.3) is 0 Å². The Hall–Kier alpha value is -1.16. The van der Waals surface area contributed by atoms with Gasteiger partial charge in [-0.1, -0.05) is 6.92 Å². The van der Waals surface area contributed by atoms with Crippen molar-refractivity contribution in [1.29, 1.82) is 0 Å². The number of halogens is 2. The minimum atomic E-state index is -0.603. The van der Waals surface area contributed by atoms with Crippen LogP contribution >= 0.6 is 0 Å². The molecule has 2 nitrogen and oxygen atoms in total. The van der Waals surface area contributed by atoms with E-state index in [0.717, 1.165) is 24.6 Å². The third kappa shape index (κ3) is 2.94. The van der Waals surface area contributed by atoms with Crippen LogP contribution in [-0.4, -0.2) is 17.3 Å². The zero-order valence-electron chi connectivity index (χ0n) is 9.70. The summed E-state index contributed by atoms with van der Waals surface area (Å²) in [7, 11) is 0. The van der Waals surface area contributed by atoms with Crippen LogP contribution < -0.4 is 4.74 Å². The Kier molecular flexibility index (Phi) is 3.62. The van der Waals surface area contributed by atoms with Gasteiger partial charge < -0.3 is 9.84 Å². The third-order valence-corrected chi connectivity index (χ3v) is 3.19. The molecule has 1 fully saturated rings. The van der Waals surface area contributed by atoms with Crippen LogP contribution in [0.3, 0.4) is 0 Å². The van der Waals surface area contributed by atoms with Gasteiger partial charge in [0.2, 0.25) is 0 Å². The first-order valence-electron chi connectivity index (χ1n) is 5.86. The molecule has 0 aromatic heterocycles. The van der Waals surface area contributed by atoms with Crippen LogP contribution in [0.2, 0.25) is 0 Å². The van der Waals surface area contributed by atoms with Crippen molar-refractivity contribution in [1.82, 2.24) is 0 Å². The molecule has 1 aliphatic rings. The van der Waals surface area contributed by atoms with E-state index in [1.54, 1.807) is 0 Å². The summed E-state index contributed by atoms with van der Waals surface area (Å²) in [6.45, 7) is 2.06. The van der Waals surface area contributed by atoms with E-state index in [-0.39, 0.29) is 5.75 Å². The summed E-state index contributed by atoms with van der Waals surface area (Å²) in [5, 5.41) is 9.77. The molecule has 0 saturated heterocycles. The second-order valence-electron chi connectivity index (χ2n) is 4.72.